The minimum absolute atomic E-state index is 0.905. The van der Waals surface area contributed by atoms with E-state index in [0.717, 1.165) is 11.1 Å². The summed E-state index contributed by atoms with van der Waals surface area (Å²) in [5.74, 6) is 0. The van der Waals surface area contributed by atoms with Gasteiger partial charge in [0.15, 0.2) is 0 Å². The first kappa shape index (κ1) is 9.91. The number of nitrogens with one attached hydrogen (secondary N) is 1. The quantitative estimate of drug-likeness (QED) is 0.550. The van der Waals surface area contributed by atoms with Gasteiger partial charge in [0.05, 0.1) is 0 Å². The second-order valence-corrected chi connectivity index (χ2v) is 4.47. The van der Waals surface area contributed by atoms with Crippen molar-refractivity contribution in [3.8, 4) is 0 Å². The van der Waals surface area contributed by atoms with Gasteiger partial charge in [0.25, 0.3) is 0 Å². The molecule has 0 aromatic carbocycles. The van der Waals surface area contributed by atoms with Crippen LogP contribution in [-0.2, 0) is 19.3 Å². The predicted molar refractivity (Wildman–Crippen MR) is 62.3 cm³/mol. The van der Waals surface area contributed by atoms with E-state index in [1.165, 1.54) is 43.4 Å². The lowest BCUT2D eigenvalue weighted by Gasteiger charge is -2.10. The van der Waals surface area contributed by atoms with E-state index in [0.29, 0.717) is 0 Å². The largest absolute Gasteiger partial charge is 0.350 e. The third-order valence-electron chi connectivity index (χ3n) is 3.06. The van der Waals surface area contributed by atoms with Gasteiger partial charge in [0, 0.05) is 5.69 Å². The molecule has 0 aliphatic heterocycles. The molecule has 1 aliphatic rings. The fraction of sp³-hybridized carbons (Fsp3) is 0.583. The van der Waals surface area contributed by atoms with E-state index >= 15 is 0 Å². The summed E-state index contributed by atoms with van der Waals surface area (Å²) in [6.07, 6.45) is 7.57. The highest BCUT2D eigenvalue weighted by molar-refractivity contribution is 7.71. The van der Waals surface area contributed by atoms with Gasteiger partial charge < -0.3 is 4.98 Å². The molecule has 1 nitrogen and oxygen atoms in total. The van der Waals surface area contributed by atoms with Crippen molar-refractivity contribution < 1.29 is 0 Å². The second kappa shape index (κ2) is 4.26. The van der Waals surface area contributed by atoms with E-state index in [1.807, 2.05) is 0 Å². The zero-order chi connectivity index (χ0) is 9.97. The Hall–Kier alpha value is -0.630. The fourth-order valence-corrected chi connectivity index (χ4v) is 2.60. The van der Waals surface area contributed by atoms with Crippen LogP contribution in [0.25, 0.3) is 0 Å². The molecule has 0 atom stereocenters. The van der Waals surface area contributed by atoms with Gasteiger partial charge in [-0.05, 0) is 49.3 Å². The average molecular weight is 207 g/mol. The van der Waals surface area contributed by atoms with Gasteiger partial charge in [-0.3, -0.25) is 0 Å². The molecule has 0 unspecified atom stereocenters. The molecule has 14 heavy (non-hydrogen) atoms. The van der Waals surface area contributed by atoms with Crippen LogP contribution in [0.15, 0.2) is 6.07 Å². The van der Waals surface area contributed by atoms with Gasteiger partial charge in [-0.25, -0.2) is 0 Å². The highest BCUT2D eigenvalue weighted by Gasteiger charge is 2.11. The summed E-state index contributed by atoms with van der Waals surface area (Å²) in [6.45, 7) is 2.20. The monoisotopic (exact) mass is 207 g/mol. The number of H-pyrrole nitrogens is 1. The van der Waals surface area contributed by atoms with Crippen molar-refractivity contribution in [2.45, 2.75) is 45.4 Å². The molecule has 2 heteroatoms. The van der Waals surface area contributed by atoms with Crippen molar-refractivity contribution in [2.24, 2.45) is 0 Å². The summed E-state index contributed by atoms with van der Waals surface area (Å²) in [4.78, 5) is 3.33. The summed E-state index contributed by atoms with van der Waals surface area (Å²) in [6, 6.07) is 2.16. The first-order chi connectivity index (χ1) is 6.81. The minimum atomic E-state index is 0.905. The number of fused-ring (bicyclic) bond motifs is 1. The summed E-state index contributed by atoms with van der Waals surface area (Å²) in [7, 11) is 0. The van der Waals surface area contributed by atoms with Crippen molar-refractivity contribution in [2.75, 3.05) is 0 Å². The molecule has 0 spiro atoms. The Kier molecular flexibility index (Phi) is 3.02. The second-order valence-electron chi connectivity index (χ2n) is 4.03. The van der Waals surface area contributed by atoms with Crippen LogP contribution in [0.4, 0.5) is 0 Å². The summed E-state index contributed by atoms with van der Waals surface area (Å²) >= 11 is 5.24. The van der Waals surface area contributed by atoms with Gasteiger partial charge in [0.2, 0.25) is 0 Å². The molecule has 1 aromatic rings. The summed E-state index contributed by atoms with van der Waals surface area (Å²) in [5, 5.41) is 0. The van der Waals surface area contributed by atoms with Gasteiger partial charge in [0.1, 0.15) is 4.64 Å². The van der Waals surface area contributed by atoms with E-state index in [9.17, 15) is 0 Å². The molecular weight excluding hydrogens is 190 g/mol. The maximum Gasteiger partial charge on any atom is 0.103 e. The zero-order valence-corrected chi connectivity index (χ0v) is 9.54. The number of aryl methyl sites for hydroxylation is 2. The number of hydrogen-bond acceptors (Lipinski definition) is 1. The molecule has 1 aromatic heterocycles. The normalized spacial score (nSPS) is 16.1. The Labute approximate surface area is 90.6 Å². The fourth-order valence-electron chi connectivity index (χ4n) is 2.33. The number of hydrogen-bond donors (Lipinski definition) is 1. The average Bonchev–Trinajstić information content (AvgIpc) is 2.41. The third kappa shape index (κ3) is 1.90. The number of pyridine rings is 1. The van der Waals surface area contributed by atoms with Crippen molar-refractivity contribution in [1.82, 2.24) is 4.98 Å². The van der Waals surface area contributed by atoms with E-state index in [1.54, 1.807) is 5.56 Å². The van der Waals surface area contributed by atoms with Crippen LogP contribution < -0.4 is 0 Å². The van der Waals surface area contributed by atoms with Gasteiger partial charge in [-0.15, -0.1) is 0 Å². The van der Waals surface area contributed by atoms with E-state index < -0.39 is 0 Å². The molecule has 0 fully saturated rings. The summed E-state index contributed by atoms with van der Waals surface area (Å²) < 4.78 is 0.905. The predicted octanol–water partition coefficient (Wildman–Crippen LogP) is 3.58. The molecule has 0 saturated carbocycles. The number of rotatable bonds is 1. The molecule has 0 amide bonds. The molecule has 0 radical (unpaired) electrons. The van der Waals surface area contributed by atoms with Crippen LogP contribution in [0.3, 0.4) is 0 Å². The molecule has 1 N–H and O–H groups in total. The molecule has 2 rings (SSSR count). The lowest BCUT2D eigenvalue weighted by molar-refractivity contribution is 0.710. The SMILES string of the molecule is CCc1[nH]c(=S)cc2c1CCCCC2. The molecule has 1 heterocycles. The number of aromatic nitrogens is 1. The van der Waals surface area contributed by atoms with Gasteiger partial charge in [-0.2, -0.15) is 0 Å². The van der Waals surface area contributed by atoms with Crippen LogP contribution >= 0.6 is 12.2 Å². The Morgan fingerprint density at radius 3 is 2.86 bits per heavy atom. The summed E-state index contributed by atoms with van der Waals surface area (Å²) in [5.41, 5.74) is 4.43. The van der Waals surface area contributed by atoms with Crippen LogP contribution in [0.2, 0.25) is 0 Å². The van der Waals surface area contributed by atoms with E-state index in [2.05, 4.69) is 18.0 Å². The topological polar surface area (TPSA) is 15.8 Å². The molecule has 0 bridgehead atoms. The maximum atomic E-state index is 5.24. The molecule has 76 valence electrons. The zero-order valence-electron chi connectivity index (χ0n) is 8.73. The third-order valence-corrected chi connectivity index (χ3v) is 3.28. The Morgan fingerprint density at radius 1 is 1.29 bits per heavy atom. The van der Waals surface area contributed by atoms with Crippen molar-refractivity contribution in [3.05, 3.63) is 27.5 Å². The number of aromatic amines is 1. The van der Waals surface area contributed by atoms with Crippen molar-refractivity contribution >= 4 is 12.2 Å². The standard InChI is InChI=1S/C12H17NS/c1-2-11-10-7-5-3-4-6-9(10)8-12(14)13-11/h8H,2-7H2,1H3,(H,13,14). The highest BCUT2D eigenvalue weighted by atomic mass is 32.1. The van der Waals surface area contributed by atoms with Crippen LogP contribution in [0.5, 0.6) is 0 Å². The molecule has 1 aliphatic carbocycles. The minimum Gasteiger partial charge on any atom is -0.350 e. The van der Waals surface area contributed by atoms with Crippen molar-refractivity contribution in [1.29, 1.82) is 0 Å². The maximum absolute atomic E-state index is 5.24. The Balaban J connectivity index is 2.52. The Morgan fingerprint density at radius 2 is 2.07 bits per heavy atom. The van der Waals surface area contributed by atoms with Crippen molar-refractivity contribution in [3.63, 3.8) is 0 Å². The van der Waals surface area contributed by atoms with E-state index in [4.69, 9.17) is 12.2 Å². The Bertz CT molecular complexity index is 378. The first-order valence-corrected chi connectivity index (χ1v) is 5.96. The lowest BCUT2D eigenvalue weighted by atomic mass is 10.0. The molecular formula is C12H17NS. The highest BCUT2D eigenvalue weighted by Crippen LogP contribution is 2.23. The van der Waals surface area contributed by atoms with Crippen LogP contribution in [-0.4, -0.2) is 4.98 Å². The van der Waals surface area contributed by atoms with Crippen LogP contribution in [0, 0.1) is 4.64 Å². The lowest BCUT2D eigenvalue weighted by Crippen LogP contribution is -2.01. The first-order valence-electron chi connectivity index (χ1n) is 5.55. The molecule has 0 saturated heterocycles. The van der Waals surface area contributed by atoms with E-state index in [-0.39, 0.29) is 0 Å². The van der Waals surface area contributed by atoms with Gasteiger partial charge >= 0.3 is 0 Å². The van der Waals surface area contributed by atoms with Gasteiger partial charge in [-0.1, -0.05) is 25.6 Å². The van der Waals surface area contributed by atoms with Crippen LogP contribution in [0.1, 0.15) is 43.0 Å². The smallest absolute Gasteiger partial charge is 0.103 e.